The molecule has 2 aromatic carbocycles. The second-order valence-electron chi connectivity index (χ2n) is 13.0. The number of nitrogens with zero attached hydrogens (tertiary/aromatic N) is 3. The summed E-state index contributed by atoms with van der Waals surface area (Å²) in [6.07, 6.45) is 7.36. The number of fused-ring (bicyclic) bond motifs is 2. The summed E-state index contributed by atoms with van der Waals surface area (Å²) in [5, 5.41) is 18.3. The highest BCUT2D eigenvalue weighted by atomic mass is 32.2. The lowest BCUT2D eigenvalue weighted by molar-refractivity contribution is 0.206. The van der Waals surface area contributed by atoms with Gasteiger partial charge in [-0.3, -0.25) is 9.12 Å². The summed E-state index contributed by atoms with van der Waals surface area (Å²) < 4.78 is 34.9. The Morgan fingerprint density at radius 2 is 1.84 bits per heavy atom. The first kappa shape index (κ1) is 30.6. The van der Waals surface area contributed by atoms with Gasteiger partial charge in [0.2, 0.25) is 10.0 Å². The van der Waals surface area contributed by atoms with E-state index in [0.29, 0.717) is 29.2 Å². The molecule has 2 amide bonds. The second-order valence-corrected chi connectivity index (χ2v) is 14.8. The standard InChI is InChI=1S/C33H39N7O4S/c1-32(2,3)21-17-22(19-23(18-21)39-45(5,42)43)35-31(41)36-27-12-13-28(26-10-7-6-9-25(26)27)44-24-11-14-29-37-38-30(40(29)20-24)33(4)15-8-16-34-33/h6-7,9-12,14,17-20,28,34,39H,8,13,15-16H2,1-5H3,(H2,35,36,41)/t28-,33+/m1/s1. The molecule has 0 unspecified atom stereocenters. The maximum Gasteiger partial charge on any atom is 0.323 e. The Hall–Kier alpha value is -4.42. The van der Waals surface area contributed by atoms with E-state index in [-0.39, 0.29) is 17.1 Å². The molecule has 3 heterocycles. The predicted octanol–water partition coefficient (Wildman–Crippen LogP) is 5.68. The van der Waals surface area contributed by atoms with Crippen LogP contribution < -0.4 is 25.4 Å². The van der Waals surface area contributed by atoms with E-state index >= 15 is 0 Å². The van der Waals surface area contributed by atoms with Gasteiger partial charge in [0.25, 0.3) is 0 Å². The molecular formula is C33H39N7O4S. The largest absolute Gasteiger partial charge is 0.484 e. The van der Waals surface area contributed by atoms with Gasteiger partial charge in [-0.25, -0.2) is 13.2 Å². The van der Waals surface area contributed by atoms with Crippen LogP contribution in [0.1, 0.15) is 75.6 Å². The van der Waals surface area contributed by atoms with Gasteiger partial charge in [0.05, 0.1) is 23.7 Å². The highest BCUT2D eigenvalue weighted by molar-refractivity contribution is 7.92. The number of carbonyl (C=O) groups excluding carboxylic acids is 1. The number of amides is 2. The average molecular weight is 630 g/mol. The minimum absolute atomic E-state index is 0.237. The molecule has 12 heteroatoms. The number of pyridine rings is 1. The quantitative estimate of drug-likeness (QED) is 0.206. The maximum atomic E-state index is 13.2. The summed E-state index contributed by atoms with van der Waals surface area (Å²) in [6, 6.07) is 16.5. The number of urea groups is 1. The summed E-state index contributed by atoms with van der Waals surface area (Å²) in [7, 11) is -3.50. The van der Waals surface area contributed by atoms with Crippen molar-refractivity contribution in [3.8, 4) is 5.75 Å². The van der Waals surface area contributed by atoms with Gasteiger partial charge in [0, 0.05) is 28.9 Å². The van der Waals surface area contributed by atoms with Gasteiger partial charge in [0.1, 0.15) is 11.9 Å². The third-order valence-corrected chi connectivity index (χ3v) is 8.86. The minimum atomic E-state index is -3.50. The number of nitrogens with one attached hydrogen (secondary N) is 4. The SMILES string of the molecule is CC(C)(C)c1cc(NC(=O)NC2=CC[C@@H](Oc3ccc4nnc([C@]5(C)CCCN5)n4c3)c3ccccc32)cc(NS(C)(=O)=O)c1. The van der Waals surface area contributed by atoms with Gasteiger partial charge in [0.15, 0.2) is 11.5 Å². The summed E-state index contributed by atoms with van der Waals surface area (Å²) in [5.74, 6) is 1.57. The first-order chi connectivity index (χ1) is 21.3. The highest BCUT2D eigenvalue weighted by Crippen LogP contribution is 2.36. The van der Waals surface area contributed by atoms with Crippen molar-refractivity contribution in [3.05, 3.63) is 89.4 Å². The molecule has 2 aliphatic rings. The van der Waals surface area contributed by atoms with Crippen molar-refractivity contribution < 1.29 is 17.9 Å². The van der Waals surface area contributed by atoms with Crippen LogP contribution in [0, 0.1) is 0 Å². The Bertz CT molecular complexity index is 1900. The molecule has 0 spiro atoms. The maximum absolute atomic E-state index is 13.2. The van der Waals surface area contributed by atoms with Crippen molar-refractivity contribution in [2.24, 2.45) is 0 Å². The van der Waals surface area contributed by atoms with Gasteiger partial charge in [-0.15, -0.1) is 10.2 Å². The lowest BCUT2D eigenvalue weighted by atomic mass is 9.86. The van der Waals surface area contributed by atoms with Crippen molar-refractivity contribution in [3.63, 3.8) is 0 Å². The monoisotopic (exact) mass is 629 g/mol. The molecular weight excluding hydrogens is 590 g/mol. The van der Waals surface area contributed by atoms with Crippen LogP contribution in [0.4, 0.5) is 16.2 Å². The first-order valence-electron chi connectivity index (χ1n) is 15.1. The van der Waals surface area contributed by atoms with Crippen molar-refractivity contribution >= 4 is 38.8 Å². The van der Waals surface area contributed by atoms with Gasteiger partial charge >= 0.3 is 6.03 Å². The first-order valence-corrected chi connectivity index (χ1v) is 16.9. The number of rotatable bonds is 7. The number of ether oxygens (including phenoxy) is 1. The Morgan fingerprint density at radius 1 is 1.07 bits per heavy atom. The fraction of sp³-hybridized carbons (Fsp3) is 0.364. The normalized spacial score (nSPS) is 19.9. The number of hydrogen-bond donors (Lipinski definition) is 4. The van der Waals surface area contributed by atoms with Crippen LogP contribution in [0.5, 0.6) is 5.75 Å². The second kappa shape index (κ2) is 11.5. The lowest BCUT2D eigenvalue weighted by Gasteiger charge is -2.27. The molecule has 0 saturated carbocycles. The van der Waals surface area contributed by atoms with Crippen LogP contribution in [0.3, 0.4) is 0 Å². The minimum Gasteiger partial charge on any atom is -0.484 e. The molecule has 236 valence electrons. The Labute approximate surface area is 263 Å². The molecule has 0 radical (unpaired) electrons. The number of hydrogen-bond acceptors (Lipinski definition) is 7. The molecule has 6 rings (SSSR count). The molecule has 4 aromatic rings. The van der Waals surface area contributed by atoms with Crippen molar-refractivity contribution in [1.82, 2.24) is 25.2 Å². The van der Waals surface area contributed by atoms with Crippen molar-refractivity contribution in [2.45, 2.75) is 64.0 Å². The van der Waals surface area contributed by atoms with E-state index < -0.39 is 16.1 Å². The van der Waals surface area contributed by atoms with E-state index in [1.165, 1.54) is 0 Å². The topological polar surface area (TPSA) is 139 Å². The van der Waals surface area contributed by atoms with Crippen LogP contribution in [-0.2, 0) is 21.0 Å². The van der Waals surface area contributed by atoms with Gasteiger partial charge in [-0.05, 0) is 67.6 Å². The number of aromatic nitrogens is 3. The van der Waals surface area contributed by atoms with E-state index in [1.54, 1.807) is 12.1 Å². The Morgan fingerprint density at radius 3 is 2.58 bits per heavy atom. The zero-order valence-electron chi connectivity index (χ0n) is 26.1. The fourth-order valence-electron chi connectivity index (χ4n) is 5.97. The number of sulfonamides is 1. The fourth-order valence-corrected chi connectivity index (χ4v) is 6.52. The summed E-state index contributed by atoms with van der Waals surface area (Å²) >= 11 is 0. The summed E-state index contributed by atoms with van der Waals surface area (Å²) in [4.78, 5) is 13.2. The zero-order chi connectivity index (χ0) is 32.0. The van der Waals surface area contributed by atoms with Gasteiger partial charge in [-0.1, -0.05) is 51.1 Å². The van der Waals surface area contributed by atoms with Crippen molar-refractivity contribution in [2.75, 3.05) is 22.8 Å². The van der Waals surface area contributed by atoms with Gasteiger partial charge in [-0.2, -0.15) is 0 Å². The molecule has 2 aromatic heterocycles. The number of anilines is 2. The van der Waals surface area contributed by atoms with Crippen LogP contribution in [-0.4, -0.2) is 41.8 Å². The van der Waals surface area contributed by atoms with E-state index in [0.717, 1.165) is 53.8 Å². The molecule has 0 bridgehead atoms. The highest BCUT2D eigenvalue weighted by Gasteiger charge is 2.35. The third-order valence-electron chi connectivity index (χ3n) is 8.26. The summed E-state index contributed by atoms with van der Waals surface area (Å²) in [6.45, 7) is 9.18. The zero-order valence-corrected chi connectivity index (χ0v) is 27.0. The van der Waals surface area contributed by atoms with Crippen LogP contribution in [0.15, 0.2) is 66.9 Å². The molecule has 1 aliphatic heterocycles. The smallest absolute Gasteiger partial charge is 0.323 e. The summed E-state index contributed by atoms with van der Waals surface area (Å²) in [5.41, 5.74) is 4.47. The molecule has 1 aliphatic carbocycles. The molecule has 2 atom stereocenters. The Kier molecular flexibility index (Phi) is 7.82. The predicted molar refractivity (Wildman–Crippen MR) is 176 cm³/mol. The molecule has 11 nitrogen and oxygen atoms in total. The van der Waals surface area contributed by atoms with E-state index in [1.807, 2.05) is 79.9 Å². The van der Waals surface area contributed by atoms with Gasteiger partial charge < -0.3 is 20.7 Å². The van der Waals surface area contributed by atoms with E-state index in [2.05, 4.69) is 37.8 Å². The van der Waals surface area contributed by atoms with Crippen LogP contribution >= 0.6 is 0 Å². The molecule has 4 N–H and O–H groups in total. The Balaban J connectivity index is 1.20. The number of carbonyl (C=O) groups is 1. The van der Waals surface area contributed by atoms with Crippen LogP contribution in [0.2, 0.25) is 0 Å². The van der Waals surface area contributed by atoms with Crippen molar-refractivity contribution in [1.29, 1.82) is 0 Å². The molecule has 45 heavy (non-hydrogen) atoms. The lowest BCUT2D eigenvalue weighted by Crippen LogP contribution is -2.35. The number of benzene rings is 2. The molecule has 1 fully saturated rings. The average Bonchev–Trinajstić information content (AvgIpc) is 3.60. The van der Waals surface area contributed by atoms with E-state index in [9.17, 15) is 13.2 Å². The third kappa shape index (κ3) is 6.66. The van der Waals surface area contributed by atoms with E-state index in [4.69, 9.17) is 4.74 Å². The molecule has 1 saturated heterocycles. The van der Waals surface area contributed by atoms with Crippen LogP contribution in [0.25, 0.3) is 11.3 Å².